The number of Topliss-reactive ketones (excluding diaryl/α,β-unsaturated/α-hetero) is 1. The van der Waals surface area contributed by atoms with Gasteiger partial charge in [0.25, 0.3) is 0 Å². The first-order valence-electron chi connectivity index (χ1n) is 8.76. The number of nitrogens with zero attached hydrogens (tertiary/aromatic N) is 2. The van der Waals surface area contributed by atoms with E-state index < -0.39 is 10.0 Å². The molecule has 0 saturated heterocycles. The highest BCUT2D eigenvalue weighted by Crippen LogP contribution is 2.21. The Morgan fingerprint density at radius 3 is 2.33 bits per heavy atom. The fourth-order valence-corrected chi connectivity index (χ4v) is 4.70. The normalized spacial score (nSPS) is 11.7. The molecule has 146 valence electrons. The van der Waals surface area contributed by atoms with E-state index in [-0.39, 0.29) is 16.5 Å². The van der Waals surface area contributed by atoms with Gasteiger partial charge in [0.1, 0.15) is 10.7 Å². The van der Waals surface area contributed by atoms with Gasteiger partial charge in [-0.1, -0.05) is 13.8 Å². The van der Waals surface area contributed by atoms with Crippen LogP contribution < -0.4 is 0 Å². The molecule has 0 bridgehead atoms. The van der Waals surface area contributed by atoms with Crippen molar-refractivity contribution in [1.29, 1.82) is 0 Å². The summed E-state index contributed by atoms with van der Waals surface area (Å²) in [6.45, 7) is 4.42. The third-order valence-electron chi connectivity index (χ3n) is 4.02. The number of hydrogen-bond acceptors (Lipinski definition) is 5. The first kappa shape index (κ1) is 21.5. The number of ketones is 1. The van der Waals surface area contributed by atoms with E-state index in [0.717, 1.165) is 0 Å². The van der Waals surface area contributed by atoms with Crippen LogP contribution in [0.2, 0.25) is 0 Å². The summed E-state index contributed by atoms with van der Waals surface area (Å²) in [5, 5.41) is 0.711. The van der Waals surface area contributed by atoms with Gasteiger partial charge in [0.05, 0.1) is 5.03 Å². The zero-order valence-electron chi connectivity index (χ0n) is 15.4. The second-order valence-electron chi connectivity index (χ2n) is 5.80. The number of hydrogen-bond donors (Lipinski definition) is 0. The van der Waals surface area contributed by atoms with Crippen molar-refractivity contribution in [2.24, 2.45) is 0 Å². The van der Waals surface area contributed by atoms with Gasteiger partial charge in [-0.15, -0.1) is 11.8 Å². The number of carbonyl (C=O) groups excluding carboxylic acids is 1. The molecule has 0 aliphatic rings. The lowest BCUT2D eigenvalue weighted by Crippen LogP contribution is -2.30. The summed E-state index contributed by atoms with van der Waals surface area (Å²) in [4.78, 5) is 16.4. The number of rotatable bonds is 10. The summed E-state index contributed by atoms with van der Waals surface area (Å²) in [7, 11) is -3.50. The summed E-state index contributed by atoms with van der Waals surface area (Å²) in [6.07, 6.45) is 2.40. The van der Waals surface area contributed by atoms with Crippen LogP contribution in [0.1, 0.15) is 37.0 Å². The summed E-state index contributed by atoms with van der Waals surface area (Å²) >= 11 is 1.47. The van der Waals surface area contributed by atoms with Crippen molar-refractivity contribution in [2.45, 2.75) is 36.6 Å². The second-order valence-corrected chi connectivity index (χ2v) is 8.86. The summed E-state index contributed by atoms with van der Waals surface area (Å²) in [5.74, 6) is 0.297. The molecule has 0 fully saturated rings. The predicted octanol–water partition coefficient (Wildman–Crippen LogP) is 4.01. The largest absolute Gasteiger partial charge is 0.294 e. The molecular weight excluding hydrogens is 387 g/mol. The predicted molar refractivity (Wildman–Crippen MR) is 105 cm³/mol. The van der Waals surface area contributed by atoms with Gasteiger partial charge in [-0.2, -0.15) is 4.31 Å². The number of halogens is 1. The molecule has 0 unspecified atom stereocenters. The van der Waals surface area contributed by atoms with Crippen molar-refractivity contribution < 1.29 is 17.6 Å². The molecule has 0 aliphatic heterocycles. The van der Waals surface area contributed by atoms with E-state index in [4.69, 9.17) is 0 Å². The fourth-order valence-electron chi connectivity index (χ4n) is 2.51. The minimum atomic E-state index is -3.50. The summed E-state index contributed by atoms with van der Waals surface area (Å²) in [5.41, 5.74) is 0.505. The molecule has 0 amide bonds. The number of benzene rings is 1. The Labute approximate surface area is 164 Å². The smallest absolute Gasteiger partial charge is 0.244 e. The summed E-state index contributed by atoms with van der Waals surface area (Å²) < 4.78 is 39.1. The van der Waals surface area contributed by atoms with Crippen LogP contribution in [-0.2, 0) is 10.0 Å². The zero-order valence-corrected chi connectivity index (χ0v) is 17.0. The molecule has 27 heavy (non-hydrogen) atoms. The topological polar surface area (TPSA) is 67.3 Å². The van der Waals surface area contributed by atoms with Gasteiger partial charge in [-0.25, -0.2) is 17.8 Å². The first-order valence-corrected chi connectivity index (χ1v) is 11.2. The Kier molecular flexibility index (Phi) is 7.94. The lowest BCUT2D eigenvalue weighted by atomic mass is 10.1. The standard InChI is InChI=1S/C19H23FN2O3S2/c1-3-22(4-2)27(24,25)17-11-12-19(21-14-17)26-13-5-6-18(23)15-7-9-16(20)10-8-15/h7-12,14H,3-6,13H2,1-2H3. The van der Waals surface area contributed by atoms with Gasteiger partial charge in [0.15, 0.2) is 5.78 Å². The lowest BCUT2D eigenvalue weighted by Gasteiger charge is -2.18. The maximum Gasteiger partial charge on any atom is 0.244 e. The van der Waals surface area contributed by atoms with Crippen LogP contribution in [0.15, 0.2) is 52.5 Å². The van der Waals surface area contributed by atoms with E-state index in [9.17, 15) is 17.6 Å². The Morgan fingerprint density at radius 1 is 1.11 bits per heavy atom. The van der Waals surface area contributed by atoms with Crippen molar-refractivity contribution in [3.8, 4) is 0 Å². The Bertz CT molecular complexity index is 850. The van der Waals surface area contributed by atoms with E-state index in [1.807, 2.05) is 0 Å². The van der Waals surface area contributed by atoms with Crippen LogP contribution in [0, 0.1) is 5.82 Å². The molecule has 2 rings (SSSR count). The minimum absolute atomic E-state index is 0.0239. The van der Waals surface area contributed by atoms with E-state index in [0.29, 0.717) is 42.3 Å². The molecule has 1 heterocycles. The maximum atomic E-state index is 12.9. The van der Waals surface area contributed by atoms with Crippen LogP contribution >= 0.6 is 11.8 Å². The number of carbonyl (C=O) groups is 1. The van der Waals surface area contributed by atoms with Gasteiger partial charge < -0.3 is 0 Å². The van der Waals surface area contributed by atoms with Gasteiger partial charge in [-0.05, 0) is 48.6 Å². The number of pyridine rings is 1. The third-order valence-corrected chi connectivity index (χ3v) is 7.08. The van der Waals surface area contributed by atoms with Gasteiger partial charge in [-0.3, -0.25) is 4.79 Å². The summed E-state index contributed by atoms with van der Waals surface area (Å²) in [6, 6.07) is 8.78. The fraction of sp³-hybridized carbons (Fsp3) is 0.368. The molecule has 1 aromatic heterocycles. The molecule has 0 aliphatic carbocycles. The highest BCUT2D eigenvalue weighted by Gasteiger charge is 2.21. The van der Waals surface area contributed by atoms with Crippen LogP contribution in [0.5, 0.6) is 0 Å². The van der Waals surface area contributed by atoms with E-state index >= 15 is 0 Å². The quantitative estimate of drug-likeness (QED) is 0.336. The number of aromatic nitrogens is 1. The highest BCUT2D eigenvalue weighted by molar-refractivity contribution is 7.99. The van der Waals surface area contributed by atoms with Crippen molar-refractivity contribution in [3.05, 3.63) is 54.0 Å². The molecule has 0 spiro atoms. The monoisotopic (exact) mass is 410 g/mol. The average Bonchev–Trinajstić information content (AvgIpc) is 2.66. The van der Waals surface area contributed by atoms with Gasteiger partial charge >= 0.3 is 0 Å². The third kappa shape index (κ3) is 5.85. The average molecular weight is 411 g/mol. The Morgan fingerprint density at radius 2 is 1.78 bits per heavy atom. The van der Waals surface area contributed by atoms with Crippen molar-refractivity contribution >= 4 is 27.6 Å². The number of thioether (sulfide) groups is 1. The van der Waals surface area contributed by atoms with Gasteiger partial charge in [0, 0.05) is 31.3 Å². The molecule has 0 N–H and O–H groups in total. The SMILES string of the molecule is CCN(CC)S(=O)(=O)c1ccc(SCCCC(=O)c2ccc(F)cc2)nc1. The Balaban J connectivity index is 1.85. The van der Waals surface area contributed by atoms with Crippen molar-refractivity contribution in [3.63, 3.8) is 0 Å². The molecule has 1 aromatic carbocycles. The molecule has 8 heteroatoms. The van der Waals surface area contributed by atoms with E-state index in [2.05, 4.69) is 4.98 Å². The zero-order chi connectivity index (χ0) is 19.9. The molecular formula is C19H23FN2O3S2. The van der Waals surface area contributed by atoms with Crippen LogP contribution in [0.25, 0.3) is 0 Å². The minimum Gasteiger partial charge on any atom is -0.294 e. The van der Waals surface area contributed by atoms with E-state index in [1.54, 1.807) is 26.0 Å². The molecule has 2 aromatic rings. The van der Waals surface area contributed by atoms with Gasteiger partial charge in [0.2, 0.25) is 10.0 Å². The van der Waals surface area contributed by atoms with Crippen molar-refractivity contribution in [2.75, 3.05) is 18.8 Å². The first-order chi connectivity index (χ1) is 12.9. The van der Waals surface area contributed by atoms with Crippen LogP contribution in [0.4, 0.5) is 4.39 Å². The molecule has 0 radical (unpaired) electrons. The number of sulfonamides is 1. The highest BCUT2D eigenvalue weighted by atomic mass is 32.2. The second kappa shape index (κ2) is 9.96. The Hall–Kier alpha value is -1.77. The van der Waals surface area contributed by atoms with Crippen molar-refractivity contribution in [1.82, 2.24) is 9.29 Å². The molecule has 0 atom stereocenters. The van der Waals surface area contributed by atoms with Crippen LogP contribution in [0.3, 0.4) is 0 Å². The molecule has 0 saturated carbocycles. The lowest BCUT2D eigenvalue weighted by molar-refractivity contribution is 0.0982. The maximum absolute atomic E-state index is 12.9. The van der Waals surface area contributed by atoms with Crippen LogP contribution in [-0.4, -0.2) is 42.3 Å². The molecule has 5 nitrogen and oxygen atoms in total. The van der Waals surface area contributed by atoms with E-state index in [1.165, 1.54) is 46.5 Å².